The van der Waals surface area contributed by atoms with Crippen molar-refractivity contribution in [3.8, 4) is 0 Å². The SMILES string of the molecule is [N-]=[N+]=NCCC(=O)C[C@@H](CCCCN)C(=O)NCCCC(=O)C(Cc1ccccc1)NC(=O)[C@@H](CC(=O)CCCCCCCOCc1cn(CCCC[C@H](NC(=O)N[C@@H](CCC(=O)O)C(=O)O)C(=O)O)nn1)Cc1ccccc1. The quantitative estimate of drug-likeness (QED) is 0.0144. The fraction of sp³-hybridized carbons (Fsp3) is 0.582. The number of aromatic nitrogens is 3. The number of benzene rings is 2. The normalized spacial score (nSPS) is 12.9. The third-order valence-corrected chi connectivity index (χ3v) is 13.0. The number of carboxylic acids is 3. The Morgan fingerprint density at radius 1 is 0.646 bits per heavy atom. The van der Waals surface area contributed by atoms with Crippen LogP contribution in [-0.2, 0) is 69.1 Å². The number of urea groups is 1. The topological polar surface area (TPSA) is 377 Å². The molecule has 9 N–H and O–H groups in total. The second-order valence-electron chi connectivity index (χ2n) is 19.5. The van der Waals surface area contributed by atoms with Crippen LogP contribution in [0.25, 0.3) is 10.4 Å². The number of ether oxygens (including phenoxy) is 1. The summed E-state index contributed by atoms with van der Waals surface area (Å²) in [6.45, 7) is 1.81. The van der Waals surface area contributed by atoms with Crippen molar-refractivity contribution in [3.05, 3.63) is 94.1 Å². The van der Waals surface area contributed by atoms with Crippen molar-refractivity contribution >= 4 is 53.1 Å². The van der Waals surface area contributed by atoms with Gasteiger partial charge in [-0.2, -0.15) is 0 Å². The zero-order chi connectivity index (χ0) is 57.6. The molecule has 0 bridgehead atoms. The van der Waals surface area contributed by atoms with Crippen molar-refractivity contribution in [1.29, 1.82) is 0 Å². The number of carbonyl (C=O) groups is 9. The van der Waals surface area contributed by atoms with Gasteiger partial charge in [-0.1, -0.05) is 96.7 Å². The fourth-order valence-electron chi connectivity index (χ4n) is 8.68. The second kappa shape index (κ2) is 38.9. The first-order valence-electron chi connectivity index (χ1n) is 27.2. The lowest BCUT2D eigenvalue weighted by molar-refractivity contribution is -0.141. The molecule has 432 valence electrons. The van der Waals surface area contributed by atoms with Gasteiger partial charge in [0.25, 0.3) is 0 Å². The highest BCUT2D eigenvalue weighted by Crippen LogP contribution is 2.19. The average molecular weight is 1100 g/mol. The summed E-state index contributed by atoms with van der Waals surface area (Å²) in [6, 6.07) is 14.1. The van der Waals surface area contributed by atoms with Gasteiger partial charge in [0.05, 0.1) is 18.8 Å². The Bertz CT molecular complexity index is 2420. The van der Waals surface area contributed by atoms with E-state index in [4.69, 9.17) is 21.1 Å². The molecule has 4 amide bonds. The van der Waals surface area contributed by atoms with Gasteiger partial charge in [-0.3, -0.25) is 33.4 Å². The number of hydrogen-bond acceptors (Lipinski definition) is 14. The van der Waals surface area contributed by atoms with Crippen molar-refractivity contribution < 1.29 is 63.2 Å². The van der Waals surface area contributed by atoms with Gasteiger partial charge in [0.2, 0.25) is 11.8 Å². The van der Waals surface area contributed by atoms with Gasteiger partial charge in [0, 0.05) is 81.5 Å². The molecule has 5 atom stereocenters. The van der Waals surface area contributed by atoms with Crippen LogP contribution in [0.5, 0.6) is 0 Å². The van der Waals surface area contributed by atoms with E-state index in [-0.39, 0.29) is 93.8 Å². The fourth-order valence-corrected chi connectivity index (χ4v) is 8.68. The molecule has 0 saturated carbocycles. The molecule has 0 saturated heterocycles. The molecule has 0 fully saturated rings. The Morgan fingerprint density at radius 2 is 1.27 bits per heavy atom. The lowest BCUT2D eigenvalue weighted by Gasteiger charge is -2.23. The number of aliphatic carboxylic acids is 3. The van der Waals surface area contributed by atoms with Gasteiger partial charge in [-0.25, -0.2) is 14.4 Å². The molecular formula is C55H79N11O13. The molecule has 24 heteroatoms. The van der Waals surface area contributed by atoms with Gasteiger partial charge in [-0.15, -0.1) is 5.10 Å². The number of nitrogens with two attached hydrogens (primary N) is 1. The molecule has 0 spiro atoms. The first kappa shape index (κ1) is 65.7. The maximum atomic E-state index is 14.1. The van der Waals surface area contributed by atoms with Crippen LogP contribution in [0.2, 0.25) is 0 Å². The Hall–Kier alpha value is -7.56. The molecule has 0 aliphatic rings. The summed E-state index contributed by atoms with van der Waals surface area (Å²) in [5.41, 5.74) is 16.5. The Kier molecular flexibility index (Phi) is 32.4. The molecule has 3 rings (SSSR count). The molecular weight excluding hydrogens is 1020 g/mol. The van der Waals surface area contributed by atoms with Crippen molar-refractivity contribution in [1.82, 2.24) is 36.3 Å². The highest BCUT2D eigenvalue weighted by Gasteiger charge is 2.29. The van der Waals surface area contributed by atoms with Crippen LogP contribution in [0.15, 0.2) is 72.0 Å². The van der Waals surface area contributed by atoms with E-state index in [0.29, 0.717) is 83.2 Å². The van der Waals surface area contributed by atoms with Gasteiger partial charge in [0.1, 0.15) is 29.3 Å². The second-order valence-corrected chi connectivity index (χ2v) is 19.5. The van der Waals surface area contributed by atoms with Crippen molar-refractivity contribution in [2.75, 3.05) is 26.2 Å². The molecule has 0 radical (unpaired) electrons. The Morgan fingerprint density at radius 3 is 1.92 bits per heavy atom. The monoisotopic (exact) mass is 1100 g/mol. The van der Waals surface area contributed by atoms with Gasteiger partial charge in [-0.05, 0) is 93.8 Å². The highest BCUT2D eigenvalue weighted by atomic mass is 16.5. The van der Waals surface area contributed by atoms with Crippen LogP contribution >= 0.6 is 0 Å². The molecule has 79 heavy (non-hydrogen) atoms. The van der Waals surface area contributed by atoms with Crippen LogP contribution in [0.3, 0.4) is 0 Å². The number of amides is 4. The minimum atomic E-state index is -1.49. The summed E-state index contributed by atoms with van der Waals surface area (Å²) in [4.78, 5) is 116. The summed E-state index contributed by atoms with van der Waals surface area (Å²) in [5.74, 6) is -6.40. The molecule has 0 aliphatic carbocycles. The molecule has 24 nitrogen and oxygen atoms in total. The largest absolute Gasteiger partial charge is 0.481 e. The van der Waals surface area contributed by atoms with Gasteiger partial charge in [0.15, 0.2) is 5.78 Å². The predicted molar refractivity (Wildman–Crippen MR) is 290 cm³/mol. The zero-order valence-electron chi connectivity index (χ0n) is 45.0. The van der Waals surface area contributed by atoms with Crippen LogP contribution in [0.1, 0.15) is 139 Å². The predicted octanol–water partition coefficient (Wildman–Crippen LogP) is 5.79. The minimum Gasteiger partial charge on any atom is -0.481 e. The lowest BCUT2D eigenvalue weighted by Crippen LogP contribution is -2.51. The number of carboxylic acid groups (broad SMARTS) is 3. The first-order chi connectivity index (χ1) is 38.1. The van der Waals surface area contributed by atoms with E-state index in [0.717, 1.165) is 36.8 Å². The summed E-state index contributed by atoms with van der Waals surface area (Å²) in [5, 5.41) is 49.4. The van der Waals surface area contributed by atoms with Crippen molar-refractivity contribution in [2.45, 2.75) is 166 Å². The van der Waals surface area contributed by atoms with Gasteiger partial charge >= 0.3 is 23.9 Å². The van der Waals surface area contributed by atoms with Gasteiger partial charge < -0.3 is 47.1 Å². The van der Waals surface area contributed by atoms with Crippen molar-refractivity contribution in [2.24, 2.45) is 22.7 Å². The number of nitrogens with one attached hydrogen (secondary N) is 4. The molecule has 2 aromatic carbocycles. The number of rotatable bonds is 45. The van der Waals surface area contributed by atoms with E-state index in [1.54, 1.807) is 10.9 Å². The van der Waals surface area contributed by atoms with E-state index in [9.17, 15) is 53.4 Å². The summed E-state index contributed by atoms with van der Waals surface area (Å²) >= 11 is 0. The smallest absolute Gasteiger partial charge is 0.326 e. The minimum absolute atomic E-state index is 0.00923. The number of azide groups is 1. The van der Waals surface area contributed by atoms with E-state index in [2.05, 4.69) is 41.6 Å². The van der Waals surface area contributed by atoms with Crippen LogP contribution in [-0.4, -0.2) is 128 Å². The van der Waals surface area contributed by atoms with Crippen LogP contribution in [0, 0.1) is 11.8 Å². The third kappa shape index (κ3) is 29.1. The number of carbonyl (C=O) groups excluding carboxylic acids is 6. The number of unbranched alkanes of at least 4 members (excludes halogenated alkanes) is 6. The van der Waals surface area contributed by atoms with E-state index in [1.807, 2.05) is 60.7 Å². The molecule has 1 aromatic heterocycles. The maximum absolute atomic E-state index is 14.1. The van der Waals surface area contributed by atoms with E-state index < -0.39 is 60.3 Å². The third-order valence-electron chi connectivity index (χ3n) is 13.0. The maximum Gasteiger partial charge on any atom is 0.326 e. The number of Topliss-reactive ketones (excluding diaryl/α,β-unsaturated/α-hetero) is 3. The highest BCUT2D eigenvalue weighted by molar-refractivity contribution is 5.92. The standard InChI is InChI=1S/C55H79N11O13/c56-28-13-11-21-41(35-45(68)27-30-59-64-57)51(72)58-29-16-24-49(69)48(34-40-19-8-5-9-20-40)60-52(73)42(33-39-17-6-4-7-18-39)36-44(67)22-10-2-1-3-15-32-79-38-43-37-66(65-63-43)31-14-12-23-46(53(74)75)61-55(78)62-47(54(76)77)25-26-50(70)71/h4-9,17-20,37,41-42,46-48H,1-3,10-16,21-36,38,56H2,(H,58,72)(H,60,73)(H,70,71)(H,74,75)(H,76,77)(H2,61,62,78)/t41-,42-,46+,47+,48?/m1/s1. The molecule has 1 unspecified atom stereocenters. The zero-order valence-corrected chi connectivity index (χ0v) is 45.0. The Balaban J connectivity index is 1.42. The summed E-state index contributed by atoms with van der Waals surface area (Å²) < 4.78 is 7.39. The van der Waals surface area contributed by atoms with Crippen molar-refractivity contribution in [3.63, 3.8) is 0 Å². The number of hydrogen-bond donors (Lipinski definition) is 8. The molecule has 0 aliphatic heterocycles. The molecule has 3 aromatic rings. The Labute approximate surface area is 460 Å². The summed E-state index contributed by atoms with van der Waals surface area (Å²) in [7, 11) is 0. The van der Waals surface area contributed by atoms with Crippen LogP contribution < -0.4 is 27.0 Å². The number of aryl methyl sites for hydroxylation is 1. The lowest BCUT2D eigenvalue weighted by atomic mass is 9.90. The number of nitrogens with zero attached hydrogens (tertiary/aromatic N) is 6. The average Bonchev–Trinajstić information content (AvgIpc) is 3.88. The van der Waals surface area contributed by atoms with E-state index in [1.165, 1.54) is 0 Å². The van der Waals surface area contributed by atoms with E-state index >= 15 is 0 Å². The number of ketones is 3. The van der Waals surface area contributed by atoms with Crippen LogP contribution in [0.4, 0.5) is 4.79 Å². The molecule has 1 heterocycles. The first-order valence-corrected chi connectivity index (χ1v) is 27.2. The summed E-state index contributed by atoms with van der Waals surface area (Å²) in [6.07, 6.45) is 8.93.